The Bertz CT molecular complexity index is 168. The topological polar surface area (TPSA) is 0 Å². The molecule has 0 saturated heterocycles. The lowest BCUT2D eigenvalue weighted by molar-refractivity contribution is 0.656. The summed E-state index contributed by atoms with van der Waals surface area (Å²) in [5.74, 6) is 0.874. The molecule has 0 N–H and O–H groups in total. The number of allylic oxidation sites excluding steroid dienone is 4. The van der Waals surface area contributed by atoms with Crippen LogP contribution >= 0.6 is 0 Å². The normalized spacial score (nSPS) is 25.8. The molecule has 0 aliphatic heterocycles. The molecule has 2 aliphatic rings. The maximum atomic E-state index is 3.40. The summed E-state index contributed by atoms with van der Waals surface area (Å²) in [5, 5.41) is 0. The van der Waals surface area contributed by atoms with Gasteiger partial charge < -0.3 is 0 Å². The van der Waals surface area contributed by atoms with Crippen LogP contribution in [0.25, 0.3) is 0 Å². The zero-order valence-corrected chi connectivity index (χ0v) is 6.27. The second kappa shape index (κ2) is 2.61. The highest BCUT2D eigenvalue weighted by Crippen LogP contribution is 2.33. The zero-order valence-electron chi connectivity index (χ0n) is 6.27. The van der Waals surface area contributed by atoms with E-state index in [2.05, 4.69) is 18.2 Å². The van der Waals surface area contributed by atoms with E-state index < -0.39 is 0 Å². The lowest BCUT2D eigenvalue weighted by Gasteiger charge is -2.06. The van der Waals surface area contributed by atoms with Crippen molar-refractivity contribution in [3.63, 3.8) is 0 Å². The molecule has 0 atom stereocenters. The fourth-order valence-corrected chi connectivity index (χ4v) is 1.94. The first-order chi connectivity index (χ1) is 4.97. The minimum absolute atomic E-state index is 0.874. The van der Waals surface area contributed by atoms with Crippen molar-refractivity contribution in [3.8, 4) is 0 Å². The van der Waals surface area contributed by atoms with Crippen LogP contribution in [0.5, 0.6) is 0 Å². The van der Waals surface area contributed by atoms with Crippen LogP contribution in [0, 0.1) is 12.0 Å². The standard InChI is InChI=1S/C10H13/c1-2-6-9(5-1)10-7-3-4-8-10/h1,5,10H,2-4,7-8H2. The molecule has 0 unspecified atom stereocenters. The first kappa shape index (κ1) is 6.21. The molecule has 2 aliphatic carbocycles. The summed E-state index contributed by atoms with van der Waals surface area (Å²) in [4.78, 5) is 0. The second-order valence-electron chi connectivity index (χ2n) is 3.22. The van der Waals surface area contributed by atoms with Gasteiger partial charge >= 0.3 is 0 Å². The van der Waals surface area contributed by atoms with Gasteiger partial charge in [0.05, 0.1) is 0 Å². The predicted octanol–water partition coefficient (Wildman–Crippen LogP) is 2.87. The fourth-order valence-electron chi connectivity index (χ4n) is 1.94. The van der Waals surface area contributed by atoms with Crippen LogP contribution in [0.1, 0.15) is 32.1 Å². The molecule has 0 heteroatoms. The van der Waals surface area contributed by atoms with Gasteiger partial charge in [-0.2, -0.15) is 0 Å². The Kier molecular flexibility index (Phi) is 1.62. The van der Waals surface area contributed by atoms with Crippen LogP contribution < -0.4 is 0 Å². The molecule has 0 aromatic rings. The molecule has 1 fully saturated rings. The molecule has 0 aromatic heterocycles. The van der Waals surface area contributed by atoms with E-state index in [-0.39, 0.29) is 0 Å². The number of hydrogen-bond acceptors (Lipinski definition) is 0. The molecular weight excluding hydrogens is 120 g/mol. The summed E-state index contributed by atoms with van der Waals surface area (Å²) in [6.45, 7) is 0. The minimum Gasteiger partial charge on any atom is -0.0798 e. The summed E-state index contributed by atoms with van der Waals surface area (Å²) in [6, 6.07) is 0. The van der Waals surface area contributed by atoms with Gasteiger partial charge in [-0.25, -0.2) is 0 Å². The summed E-state index contributed by atoms with van der Waals surface area (Å²) < 4.78 is 0. The van der Waals surface area contributed by atoms with Gasteiger partial charge in [-0.1, -0.05) is 25.0 Å². The Morgan fingerprint density at radius 3 is 2.70 bits per heavy atom. The fraction of sp³-hybridized carbons (Fsp3) is 0.600. The van der Waals surface area contributed by atoms with Crippen molar-refractivity contribution in [1.82, 2.24) is 0 Å². The van der Waals surface area contributed by atoms with Gasteiger partial charge in [-0.05, 0) is 36.8 Å². The third-order valence-electron chi connectivity index (χ3n) is 2.52. The average molecular weight is 133 g/mol. The van der Waals surface area contributed by atoms with E-state index in [0.717, 1.165) is 12.3 Å². The molecule has 2 rings (SSSR count). The van der Waals surface area contributed by atoms with Gasteiger partial charge in [0, 0.05) is 0 Å². The molecule has 0 bridgehead atoms. The number of rotatable bonds is 1. The van der Waals surface area contributed by atoms with Crippen molar-refractivity contribution < 1.29 is 0 Å². The van der Waals surface area contributed by atoms with E-state index in [1.807, 2.05) is 0 Å². The van der Waals surface area contributed by atoms with Gasteiger partial charge in [0.1, 0.15) is 0 Å². The summed E-state index contributed by atoms with van der Waals surface area (Å²) in [5.41, 5.74) is 1.50. The van der Waals surface area contributed by atoms with Crippen LogP contribution in [0.2, 0.25) is 0 Å². The van der Waals surface area contributed by atoms with Crippen LogP contribution in [0.4, 0.5) is 0 Å². The molecule has 0 spiro atoms. The molecule has 0 nitrogen and oxygen atoms in total. The molecule has 1 radical (unpaired) electrons. The van der Waals surface area contributed by atoms with E-state index in [0.29, 0.717) is 0 Å². The van der Waals surface area contributed by atoms with Crippen LogP contribution in [0.3, 0.4) is 0 Å². The van der Waals surface area contributed by atoms with E-state index in [1.54, 1.807) is 0 Å². The smallest absolute Gasteiger partial charge is 0.00884 e. The first-order valence-electron chi connectivity index (χ1n) is 4.24. The van der Waals surface area contributed by atoms with E-state index in [9.17, 15) is 0 Å². The van der Waals surface area contributed by atoms with Gasteiger partial charge in [0.15, 0.2) is 0 Å². The summed E-state index contributed by atoms with van der Waals surface area (Å²) in [7, 11) is 0. The Morgan fingerprint density at radius 2 is 2.10 bits per heavy atom. The molecule has 0 amide bonds. The highest BCUT2D eigenvalue weighted by atomic mass is 14.2. The van der Waals surface area contributed by atoms with Crippen molar-refractivity contribution in [3.05, 3.63) is 23.8 Å². The monoisotopic (exact) mass is 133 g/mol. The SMILES string of the molecule is [C]1=C(C2CCCC2)C=CC1. The minimum atomic E-state index is 0.874. The van der Waals surface area contributed by atoms with Crippen molar-refractivity contribution in [2.24, 2.45) is 5.92 Å². The molecular formula is C10H13. The van der Waals surface area contributed by atoms with Gasteiger partial charge in [-0.3, -0.25) is 0 Å². The molecule has 10 heavy (non-hydrogen) atoms. The highest BCUT2D eigenvalue weighted by Gasteiger charge is 2.18. The lowest BCUT2D eigenvalue weighted by Crippen LogP contribution is -1.93. The van der Waals surface area contributed by atoms with Crippen molar-refractivity contribution in [2.75, 3.05) is 0 Å². The maximum Gasteiger partial charge on any atom is -0.00884 e. The maximum absolute atomic E-state index is 3.40. The Balaban J connectivity index is 2.03. The molecule has 0 aromatic carbocycles. The van der Waals surface area contributed by atoms with Gasteiger partial charge in [-0.15, -0.1) is 0 Å². The largest absolute Gasteiger partial charge is 0.0798 e. The van der Waals surface area contributed by atoms with E-state index in [4.69, 9.17) is 0 Å². The quantitative estimate of drug-likeness (QED) is 0.516. The Morgan fingerprint density at radius 1 is 1.30 bits per heavy atom. The molecule has 0 heterocycles. The first-order valence-corrected chi connectivity index (χ1v) is 4.24. The predicted molar refractivity (Wildman–Crippen MR) is 42.5 cm³/mol. The Labute approximate surface area is 62.6 Å². The van der Waals surface area contributed by atoms with Gasteiger partial charge in [0.25, 0.3) is 0 Å². The van der Waals surface area contributed by atoms with Crippen molar-refractivity contribution >= 4 is 0 Å². The Hall–Kier alpha value is -0.520. The van der Waals surface area contributed by atoms with Gasteiger partial charge in [0.2, 0.25) is 0 Å². The average Bonchev–Trinajstić information content (AvgIpc) is 2.59. The summed E-state index contributed by atoms with van der Waals surface area (Å²) >= 11 is 0. The number of hydrogen-bond donors (Lipinski definition) is 0. The highest BCUT2D eigenvalue weighted by molar-refractivity contribution is 5.25. The van der Waals surface area contributed by atoms with Crippen LogP contribution in [-0.4, -0.2) is 0 Å². The second-order valence-corrected chi connectivity index (χ2v) is 3.22. The molecule has 53 valence electrons. The summed E-state index contributed by atoms with van der Waals surface area (Å²) in [6.07, 6.45) is 14.6. The van der Waals surface area contributed by atoms with E-state index in [1.165, 1.54) is 31.3 Å². The third-order valence-corrected chi connectivity index (χ3v) is 2.52. The van der Waals surface area contributed by atoms with Crippen LogP contribution in [0.15, 0.2) is 17.7 Å². The zero-order chi connectivity index (χ0) is 6.81. The van der Waals surface area contributed by atoms with Crippen molar-refractivity contribution in [1.29, 1.82) is 0 Å². The van der Waals surface area contributed by atoms with E-state index >= 15 is 0 Å². The van der Waals surface area contributed by atoms with Crippen LogP contribution in [-0.2, 0) is 0 Å². The van der Waals surface area contributed by atoms with Crippen molar-refractivity contribution in [2.45, 2.75) is 32.1 Å². The molecule has 1 saturated carbocycles. The lowest BCUT2D eigenvalue weighted by atomic mass is 9.99. The third kappa shape index (κ3) is 1.03.